The van der Waals surface area contributed by atoms with Gasteiger partial charge in [0.1, 0.15) is 5.75 Å². The molecule has 0 saturated carbocycles. The number of aromatic hydroxyl groups is 1. The Labute approximate surface area is 65.7 Å². The molecule has 2 heteroatoms. The Balaban J connectivity index is 3.05. The summed E-state index contributed by atoms with van der Waals surface area (Å²) in [6, 6.07) is 6.26. The molecule has 0 amide bonds. The lowest BCUT2D eigenvalue weighted by Gasteiger charge is -2.05. The number of rotatable bonds is 1. The highest BCUT2D eigenvalue weighted by Gasteiger charge is 2.05. The first-order chi connectivity index (χ1) is 5.25. The first-order valence-corrected chi connectivity index (χ1v) is 3.25. The summed E-state index contributed by atoms with van der Waals surface area (Å²) in [6.45, 7) is 0. The quantitative estimate of drug-likeness (QED) is 0.583. The topological polar surface area (TPSA) is 46.2 Å². The van der Waals surface area contributed by atoms with Gasteiger partial charge in [0.15, 0.2) is 0 Å². The third kappa shape index (κ3) is 1.51. The highest BCUT2D eigenvalue weighted by Crippen LogP contribution is 2.20. The molecule has 1 aromatic carbocycles. The minimum atomic E-state index is -0.517. The van der Waals surface area contributed by atoms with E-state index < -0.39 is 6.04 Å². The van der Waals surface area contributed by atoms with Crippen molar-refractivity contribution in [3.05, 3.63) is 29.8 Å². The van der Waals surface area contributed by atoms with E-state index in [1.807, 2.05) is 0 Å². The number of hydrogen-bond acceptors (Lipinski definition) is 2. The predicted molar refractivity (Wildman–Crippen MR) is 43.9 cm³/mol. The molecule has 56 valence electrons. The summed E-state index contributed by atoms with van der Waals surface area (Å²) < 4.78 is 0. The molecule has 0 aliphatic carbocycles. The van der Waals surface area contributed by atoms with Crippen molar-refractivity contribution >= 4 is 0 Å². The lowest BCUT2D eigenvalue weighted by molar-refractivity contribution is 0.466. The summed E-state index contributed by atoms with van der Waals surface area (Å²) in [6.07, 6.45) is 5.09. The van der Waals surface area contributed by atoms with Crippen molar-refractivity contribution in [2.24, 2.45) is 5.73 Å². The van der Waals surface area contributed by atoms with Gasteiger partial charge in [0.25, 0.3) is 0 Å². The number of phenols is 1. The van der Waals surface area contributed by atoms with Crippen LogP contribution in [0.2, 0.25) is 0 Å². The molecule has 0 aliphatic heterocycles. The highest BCUT2D eigenvalue weighted by molar-refractivity contribution is 5.37. The van der Waals surface area contributed by atoms with Crippen molar-refractivity contribution in [2.75, 3.05) is 0 Å². The van der Waals surface area contributed by atoms with Gasteiger partial charge in [0.2, 0.25) is 0 Å². The molecule has 0 spiro atoms. The van der Waals surface area contributed by atoms with Crippen LogP contribution >= 0.6 is 0 Å². The molecule has 1 rings (SSSR count). The zero-order valence-corrected chi connectivity index (χ0v) is 5.99. The Bertz CT molecular complexity index is 288. The van der Waals surface area contributed by atoms with Crippen LogP contribution in [0.3, 0.4) is 0 Å². The molecule has 0 radical (unpaired) electrons. The largest absolute Gasteiger partial charge is 0.508 e. The second-order valence-electron chi connectivity index (χ2n) is 2.20. The van der Waals surface area contributed by atoms with Crippen molar-refractivity contribution in [1.82, 2.24) is 0 Å². The minimum Gasteiger partial charge on any atom is -0.508 e. The van der Waals surface area contributed by atoms with Crippen molar-refractivity contribution < 1.29 is 5.11 Å². The number of benzene rings is 1. The fraction of sp³-hybridized carbons (Fsp3) is 0.111. The molecular weight excluding hydrogens is 138 g/mol. The van der Waals surface area contributed by atoms with E-state index in [0.29, 0.717) is 5.56 Å². The summed E-state index contributed by atoms with van der Waals surface area (Å²) >= 11 is 0. The second-order valence-corrected chi connectivity index (χ2v) is 2.20. The van der Waals surface area contributed by atoms with Crippen LogP contribution in [0.4, 0.5) is 0 Å². The van der Waals surface area contributed by atoms with Crippen LogP contribution in [-0.4, -0.2) is 5.11 Å². The normalized spacial score (nSPS) is 12.0. The van der Waals surface area contributed by atoms with Gasteiger partial charge in [-0.25, -0.2) is 0 Å². The molecule has 2 nitrogen and oxygen atoms in total. The molecule has 3 N–H and O–H groups in total. The SMILES string of the molecule is C#C[C@@H](N)c1ccccc1O. The summed E-state index contributed by atoms with van der Waals surface area (Å²) in [7, 11) is 0. The standard InChI is InChI=1S/C9H9NO/c1-2-8(10)7-5-3-4-6-9(7)11/h1,3-6,8,11H,10H2/t8-/m1/s1. The average molecular weight is 147 g/mol. The zero-order chi connectivity index (χ0) is 8.27. The van der Waals surface area contributed by atoms with Crippen molar-refractivity contribution in [2.45, 2.75) is 6.04 Å². The van der Waals surface area contributed by atoms with Gasteiger partial charge in [-0.2, -0.15) is 0 Å². The van der Waals surface area contributed by atoms with E-state index in [4.69, 9.17) is 12.2 Å². The molecule has 0 unspecified atom stereocenters. The molecule has 0 heterocycles. The molecule has 11 heavy (non-hydrogen) atoms. The maximum Gasteiger partial charge on any atom is 0.121 e. The number of terminal acetylenes is 1. The maximum absolute atomic E-state index is 9.24. The number of hydrogen-bond donors (Lipinski definition) is 2. The van der Waals surface area contributed by atoms with Crippen molar-refractivity contribution in [3.8, 4) is 18.1 Å². The molecule has 0 aromatic heterocycles. The van der Waals surface area contributed by atoms with E-state index >= 15 is 0 Å². The van der Waals surface area contributed by atoms with Crippen molar-refractivity contribution in [1.29, 1.82) is 0 Å². The molecule has 1 atom stereocenters. The fourth-order valence-electron chi connectivity index (χ4n) is 0.840. The lowest BCUT2D eigenvalue weighted by Crippen LogP contribution is -2.06. The van der Waals surface area contributed by atoms with E-state index in [2.05, 4.69) is 5.92 Å². The molecular formula is C9H9NO. The van der Waals surface area contributed by atoms with E-state index in [1.165, 1.54) is 0 Å². The van der Waals surface area contributed by atoms with Gasteiger partial charge >= 0.3 is 0 Å². The van der Waals surface area contributed by atoms with Crippen LogP contribution < -0.4 is 5.73 Å². The monoisotopic (exact) mass is 147 g/mol. The van der Waals surface area contributed by atoms with Crippen LogP contribution in [0.1, 0.15) is 11.6 Å². The molecule has 0 aliphatic rings. The van der Waals surface area contributed by atoms with E-state index in [0.717, 1.165) is 0 Å². The number of nitrogens with two attached hydrogens (primary N) is 1. The van der Waals surface area contributed by atoms with E-state index in [-0.39, 0.29) is 5.75 Å². The highest BCUT2D eigenvalue weighted by atomic mass is 16.3. The molecule has 0 saturated heterocycles. The Kier molecular flexibility index (Phi) is 2.15. The fourth-order valence-corrected chi connectivity index (χ4v) is 0.840. The van der Waals surface area contributed by atoms with Gasteiger partial charge in [-0.1, -0.05) is 24.1 Å². The minimum absolute atomic E-state index is 0.151. The van der Waals surface area contributed by atoms with Crippen LogP contribution in [0.25, 0.3) is 0 Å². The van der Waals surface area contributed by atoms with Gasteiger partial charge in [0, 0.05) is 5.56 Å². The number of phenolic OH excluding ortho intramolecular Hbond substituents is 1. The van der Waals surface area contributed by atoms with Gasteiger partial charge in [-0.3, -0.25) is 0 Å². The summed E-state index contributed by atoms with van der Waals surface area (Å²) in [4.78, 5) is 0. The van der Waals surface area contributed by atoms with E-state index in [1.54, 1.807) is 24.3 Å². The van der Waals surface area contributed by atoms with Gasteiger partial charge in [-0.05, 0) is 6.07 Å². The van der Waals surface area contributed by atoms with Crippen molar-refractivity contribution in [3.63, 3.8) is 0 Å². The van der Waals surface area contributed by atoms with Crippen LogP contribution in [0.15, 0.2) is 24.3 Å². The molecule has 0 fully saturated rings. The van der Waals surface area contributed by atoms with E-state index in [9.17, 15) is 5.11 Å². The Morgan fingerprint density at radius 3 is 2.64 bits per heavy atom. The summed E-state index contributed by atoms with van der Waals surface area (Å²) in [5.74, 6) is 2.49. The molecule has 1 aromatic rings. The van der Waals surface area contributed by atoms with Gasteiger partial charge in [0.05, 0.1) is 6.04 Å². The second kappa shape index (κ2) is 3.09. The summed E-state index contributed by atoms with van der Waals surface area (Å²) in [5.41, 5.74) is 6.09. The number of para-hydroxylation sites is 1. The maximum atomic E-state index is 9.24. The lowest BCUT2D eigenvalue weighted by atomic mass is 10.1. The van der Waals surface area contributed by atoms with Gasteiger partial charge < -0.3 is 10.8 Å². The Morgan fingerprint density at radius 2 is 2.09 bits per heavy atom. The predicted octanol–water partition coefficient (Wildman–Crippen LogP) is 1.03. The van der Waals surface area contributed by atoms with Crippen LogP contribution in [0, 0.1) is 12.3 Å². The zero-order valence-electron chi connectivity index (χ0n) is 5.99. The first kappa shape index (κ1) is 7.64. The molecule has 0 bridgehead atoms. The Hall–Kier alpha value is -1.46. The van der Waals surface area contributed by atoms with Gasteiger partial charge in [-0.15, -0.1) is 6.42 Å². The third-order valence-electron chi connectivity index (χ3n) is 1.45. The smallest absolute Gasteiger partial charge is 0.121 e. The van der Waals surface area contributed by atoms with Crippen LogP contribution in [0.5, 0.6) is 5.75 Å². The first-order valence-electron chi connectivity index (χ1n) is 3.25. The van der Waals surface area contributed by atoms with Crippen LogP contribution in [-0.2, 0) is 0 Å². The summed E-state index contributed by atoms with van der Waals surface area (Å²) in [5, 5.41) is 9.24. The average Bonchev–Trinajstić information content (AvgIpc) is 2.04. The Morgan fingerprint density at radius 1 is 1.45 bits per heavy atom. The third-order valence-corrected chi connectivity index (χ3v) is 1.45.